The van der Waals surface area contributed by atoms with Gasteiger partial charge >= 0.3 is 0 Å². The summed E-state index contributed by atoms with van der Waals surface area (Å²) < 4.78 is 12.9. The predicted molar refractivity (Wildman–Crippen MR) is 84.5 cm³/mol. The van der Waals surface area contributed by atoms with E-state index < -0.39 is 10.8 Å². The Bertz CT molecular complexity index is 514. The molecular formula is C17H25NOS. The molecule has 2 nitrogen and oxygen atoms in total. The molecule has 0 bridgehead atoms. The van der Waals surface area contributed by atoms with E-state index in [4.69, 9.17) is 0 Å². The van der Waals surface area contributed by atoms with Gasteiger partial charge < -0.3 is 5.32 Å². The summed E-state index contributed by atoms with van der Waals surface area (Å²) in [6.45, 7) is 5.42. The topological polar surface area (TPSA) is 29.1 Å². The summed E-state index contributed by atoms with van der Waals surface area (Å²) in [5.41, 5.74) is 2.90. The molecule has 4 atom stereocenters. The molecule has 0 aliphatic heterocycles. The maximum absolute atomic E-state index is 12.9. The van der Waals surface area contributed by atoms with Crippen molar-refractivity contribution < 1.29 is 4.21 Å². The van der Waals surface area contributed by atoms with Crippen molar-refractivity contribution in [2.24, 2.45) is 5.92 Å². The molecule has 0 saturated heterocycles. The SMILES string of the molecule is CCNC1CCC(S(=O)c2ccc3c(c2)CCC3)C1C. The molecule has 0 spiro atoms. The van der Waals surface area contributed by atoms with Crippen molar-refractivity contribution in [1.29, 1.82) is 0 Å². The molecule has 1 saturated carbocycles. The highest BCUT2D eigenvalue weighted by molar-refractivity contribution is 7.85. The second kappa shape index (κ2) is 5.98. The monoisotopic (exact) mass is 291 g/mol. The smallest absolute Gasteiger partial charge is 0.0564 e. The van der Waals surface area contributed by atoms with Crippen LogP contribution in [0.1, 0.15) is 44.2 Å². The van der Waals surface area contributed by atoms with Gasteiger partial charge in [-0.05, 0) is 67.8 Å². The van der Waals surface area contributed by atoms with Crippen LogP contribution in [0, 0.1) is 5.92 Å². The molecule has 1 aromatic carbocycles. The molecule has 1 N–H and O–H groups in total. The van der Waals surface area contributed by atoms with Gasteiger partial charge in [-0.25, -0.2) is 0 Å². The predicted octanol–water partition coefficient (Wildman–Crippen LogP) is 3.06. The van der Waals surface area contributed by atoms with Crippen molar-refractivity contribution >= 4 is 10.8 Å². The molecule has 3 heteroatoms. The molecule has 0 radical (unpaired) electrons. The molecule has 2 aliphatic rings. The first-order valence-corrected chi connectivity index (χ1v) is 9.17. The van der Waals surface area contributed by atoms with E-state index in [0.717, 1.165) is 24.3 Å². The van der Waals surface area contributed by atoms with Gasteiger partial charge in [-0.1, -0.05) is 19.9 Å². The van der Waals surface area contributed by atoms with E-state index in [-0.39, 0.29) is 0 Å². The van der Waals surface area contributed by atoms with Crippen molar-refractivity contribution in [3.05, 3.63) is 29.3 Å². The second-order valence-electron chi connectivity index (χ2n) is 6.22. The minimum Gasteiger partial charge on any atom is -0.314 e. The largest absolute Gasteiger partial charge is 0.314 e. The Balaban J connectivity index is 1.76. The fourth-order valence-electron chi connectivity index (χ4n) is 3.83. The Hall–Kier alpha value is -0.670. The Morgan fingerprint density at radius 2 is 2.05 bits per heavy atom. The fourth-order valence-corrected chi connectivity index (χ4v) is 5.57. The average Bonchev–Trinajstić information content (AvgIpc) is 3.05. The molecule has 4 unspecified atom stereocenters. The summed E-state index contributed by atoms with van der Waals surface area (Å²) in [5, 5.41) is 3.86. The zero-order chi connectivity index (χ0) is 14.1. The first-order valence-electron chi connectivity index (χ1n) is 7.96. The first kappa shape index (κ1) is 14.3. The number of fused-ring (bicyclic) bond motifs is 1. The summed E-state index contributed by atoms with van der Waals surface area (Å²) in [5.74, 6) is 0.504. The van der Waals surface area contributed by atoms with Gasteiger partial charge in [0, 0.05) is 16.2 Å². The van der Waals surface area contributed by atoms with Crippen LogP contribution < -0.4 is 5.32 Å². The summed E-state index contributed by atoms with van der Waals surface area (Å²) in [7, 11) is -0.845. The molecule has 0 aromatic heterocycles. The molecule has 1 aromatic rings. The first-order chi connectivity index (χ1) is 9.70. The summed E-state index contributed by atoms with van der Waals surface area (Å²) >= 11 is 0. The maximum Gasteiger partial charge on any atom is 0.0564 e. The number of rotatable bonds is 4. The molecule has 3 rings (SSSR count). The lowest BCUT2D eigenvalue weighted by Crippen LogP contribution is -2.34. The molecule has 0 heterocycles. The Labute approximate surface area is 124 Å². The second-order valence-corrected chi connectivity index (χ2v) is 7.89. The van der Waals surface area contributed by atoms with Gasteiger partial charge in [0.25, 0.3) is 0 Å². The third-order valence-corrected chi connectivity index (χ3v) is 6.96. The molecular weight excluding hydrogens is 266 g/mol. The lowest BCUT2D eigenvalue weighted by molar-refractivity contribution is 0.438. The highest BCUT2D eigenvalue weighted by atomic mass is 32.2. The zero-order valence-corrected chi connectivity index (χ0v) is 13.3. The van der Waals surface area contributed by atoms with Gasteiger partial charge in [0.15, 0.2) is 0 Å². The van der Waals surface area contributed by atoms with Gasteiger partial charge in [0.2, 0.25) is 0 Å². The van der Waals surface area contributed by atoms with Crippen molar-refractivity contribution in [3.63, 3.8) is 0 Å². The van der Waals surface area contributed by atoms with Crippen LogP contribution in [0.4, 0.5) is 0 Å². The lowest BCUT2D eigenvalue weighted by Gasteiger charge is -2.21. The Morgan fingerprint density at radius 3 is 2.85 bits per heavy atom. The Kier molecular flexibility index (Phi) is 4.27. The summed E-state index contributed by atoms with van der Waals surface area (Å²) in [6.07, 6.45) is 5.87. The van der Waals surface area contributed by atoms with E-state index in [1.807, 2.05) is 0 Å². The van der Waals surface area contributed by atoms with E-state index in [0.29, 0.717) is 17.2 Å². The average molecular weight is 291 g/mol. The van der Waals surface area contributed by atoms with Crippen LogP contribution in [0.3, 0.4) is 0 Å². The third kappa shape index (κ3) is 2.58. The normalized spacial score (nSPS) is 30.4. The van der Waals surface area contributed by atoms with Crippen LogP contribution in [0.2, 0.25) is 0 Å². The van der Waals surface area contributed by atoms with Crippen LogP contribution in [-0.4, -0.2) is 22.0 Å². The third-order valence-electron chi connectivity index (χ3n) is 5.03. The zero-order valence-electron chi connectivity index (χ0n) is 12.5. The number of nitrogens with one attached hydrogen (secondary N) is 1. The van der Waals surface area contributed by atoms with Gasteiger partial charge in [-0.15, -0.1) is 0 Å². The van der Waals surface area contributed by atoms with Crippen molar-refractivity contribution in [2.45, 2.75) is 62.1 Å². The molecule has 1 fully saturated rings. The highest BCUT2D eigenvalue weighted by Crippen LogP contribution is 2.33. The standard InChI is InChI=1S/C17H25NOS/c1-3-18-16-9-10-17(12(16)2)20(19)15-8-7-13-5-4-6-14(13)11-15/h7-8,11-12,16-18H,3-6,9-10H2,1-2H3. The van der Waals surface area contributed by atoms with Crippen LogP contribution in [-0.2, 0) is 23.6 Å². The van der Waals surface area contributed by atoms with E-state index in [1.165, 1.54) is 30.4 Å². The molecule has 110 valence electrons. The van der Waals surface area contributed by atoms with Gasteiger partial charge in [-0.2, -0.15) is 0 Å². The summed E-state index contributed by atoms with van der Waals surface area (Å²) in [6, 6.07) is 7.07. The maximum atomic E-state index is 12.9. The number of benzene rings is 1. The van der Waals surface area contributed by atoms with Crippen molar-refractivity contribution in [1.82, 2.24) is 5.32 Å². The molecule has 20 heavy (non-hydrogen) atoms. The van der Waals surface area contributed by atoms with Gasteiger partial charge in [0.05, 0.1) is 10.8 Å². The molecule has 2 aliphatic carbocycles. The van der Waals surface area contributed by atoms with Crippen molar-refractivity contribution in [3.8, 4) is 0 Å². The van der Waals surface area contributed by atoms with Gasteiger partial charge in [0.1, 0.15) is 0 Å². The van der Waals surface area contributed by atoms with Crippen molar-refractivity contribution in [2.75, 3.05) is 6.54 Å². The van der Waals surface area contributed by atoms with E-state index >= 15 is 0 Å². The fraction of sp³-hybridized carbons (Fsp3) is 0.647. The van der Waals surface area contributed by atoms with E-state index in [1.54, 1.807) is 0 Å². The van der Waals surface area contributed by atoms with Gasteiger partial charge in [-0.3, -0.25) is 4.21 Å². The van der Waals surface area contributed by atoms with E-state index in [2.05, 4.69) is 37.4 Å². The van der Waals surface area contributed by atoms with E-state index in [9.17, 15) is 4.21 Å². The Morgan fingerprint density at radius 1 is 1.25 bits per heavy atom. The molecule has 0 amide bonds. The number of hydrogen-bond donors (Lipinski definition) is 1. The highest BCUT2D eigenvalue weighted by Gasteiger charge is 2.36. The lowest BCUT2D eigenvalue weighted by atomic mass is 10.1. The van der Waals surface area contributed by atoms with Crippen LogP contribution >= 0.6 is 0 Å². The number of aryl methyl sites for hydroxylation is 2. The van der Waals surface area contributed by atoms with Crippen LogP contribution in [0.15, 0.2) is 23.1 Å². The quantitative estimate of drug-likeness (QED) is 0.924. The number of hydrogen-bond acceptors (Lipinski definition) is 2. The summed E-state index contributed by atoms with van der Waals surface area (Å²) in [4.78, 5) is 1.06. The van der Waals surface area contributed by atoms with Crippen LogP contribution in [0.25, 0.3) is 0 Å². The van der Waals surface area contributed by atoms with Crippen LogP contribution in [0.5, 0.6) is 0 Å². The minimum absolute atomic E-state index is 0.318. The minimum atomic E-state index is -0.845.